The molecule has 0 bridgehead atoms. The molecule has 0 saturated carbocycles. The largest absolute Gasteiger partial charge is 0.315 e. The molecule has 3 heteroatoms. The Hall–Kier alpha value is -0.570. The topological polar surface area (TPSA) is 15.3 Å². The number of benzene rings is 1. The Bertz CT molecular complexity index is 416. The Morgan fingerprint density at radius 3 is 2.55 bits per heavy atom. The predicted octanol–water partition coefficient (Wildman–Crippen LogP) is 5.04. The lowest BCUT2D eigenvalue weighted by atomic mass is 10.1. The number of hydrogen-bond acceptors (Lipinski definition) is 2. The second kappa shape index (κ2) is 10.3. The van der Waals surface area contributed by atoms with Crippen LogP contribution in [0.5, 0.6) is 0 Å². The van der Waals surface area contributed by atoms with Crippen LogP contribution in [0.3, 0.4) is 0 Å². The minimum absolute atomic E-state index is 0.423. The lowest BCUT2D eigenvalue weighted by Crippen LogP contribution is -2.34. The van der Waals surface area contributed by atoms with Crippen molar-refractivity contribution in [2.75, 3.05) is 26.2 Å². The van der Waals surface area contributed by atoms with Gasteiger partial charge in [0.1, 0.15) is 0 Å². The van der Waals surface area contributed by atoms with Crippen LogP contribution in [0.15, 0.2) is 24.3 Å². The number of likely N-dealkylation sites (tertiary alicyclic amines) is 1. The minimum atomic E-state index is 0.423. The van der Waals surface area contributed by atoms with Crippen molar-refractivity contribution in [1.82, 2.24) is 10.2 Å². The third kappa shape index (κ3) is 5.57. The number of unbranched alkanes of at least 4 members (excludes halogenated alkanes) is 4. The third-order valence-electron chi connectivity index (χ3n) is 4.64. The van der Waals surface area contributed by atoms with Crippen LogP contribution in [0.25, 0.3) is 0 Å². The van der Waals surface area contributed by atoms with Crippen molar-refractivity contribution in [2.45, 2.75) is 57.9 Å². The van der Waals surface area contributed by atoms with Crippen molar-refractivity contribution in [3.05, 3.63) is 34.9 Å². The monoisotopic (exact) mass is 322 g/mol. The van der Waals surface area contributed by atoms with Crippen LogP contribution in [-0.4, -0.2) is 31.1 Å². The maximum Gasteiger partial charge on any atom is 0.0487 e. The van der Waals surface area contributed by atoms with Crippen molar-refractivity contribution in [3.63, 3.8) is 0 Å². The first kappa shape index (κ1) is 17.8. The maximum atomic E-state index is 6.44. The van der Waals surface area contributed by atoms with Gasteiger partial charge in [-0.3, -0.25) is 4.90 Å². The Morgan fingerprint density at radius 2 is 1.82 bits per heavy atom. The van der Waals surface area contributed by atoms with Gasteiger partial charge in [-0.15, -0.1) is 0 Å². The molecule has 1 aromatic carbocycles. The first-order chi connectivity index (χ1) is 10.8. The van der Waals surface area contributed by atoms with E-state index in [4.69, 9.17) is 11.6 Å². The Labute approximate surface area is 141 Å². The molecule has 0 aliphatic carbocycles. The molecule has 22 heavy (non-hydrogen) atoms. The molecular weight excluding hydrogens is 292 g/mol. The summed E-state index contributed by atoms with van der Waals surface area (Å²) in [4.78, 5) is 2.59. The fraction of sp³-hybridized carbons (Fsp3) is 0.684. The van der Waals surface area contributed by atoms with Gasteiger partial charge in [-0.25, -0.2) is 0 Å². The van der Waals surface area contributed by atoms with E-state index in [1.165, 1.54) is 63.6 Å². The second-order valence-electron chi connectivity index (χ2n) is 6.40. The summed E-state index contributed by atoms with van der Waals surface area (Å²) in [5.41, 5.74) is 1.28. The molecule has 124 valence electrons. The highest BCUT2D eigenvalue weighted by Crippen LogP contribution is 2.29. The quantitative estimate of drug-likeness (QED) is 0.607. The minimum Gasteiger partial charge on any atom is -0.315 e. The Kier molecular flexibility index (Phi) is 8.28. The maximum absolute atomic E-state index is 6.44. The van der Waals surface area contributed by atoms with Gasteiger partial charge in [-0.1, -0.05) is 62.4 Å². The van der Waals surface area contributed by atoms with Gasteiger partial charge >= 0.3 is 0 Å². The van der Waals surface area contributed by atoms with Gasteiger partial charge in [-0.05, 0) is 50.5 Å². The van der Waals surface area contributed by atoms with E-state index in [1.807, 2.05) is 12.1 Å². The molecule has 2 rings (SSSR count). The molecule has 1 N–H and O–H groups in total. The van der Waals surface area contributed by atoms with Gasteiger partial charge in [0, 0.05) is 17.6 Å². The first-order valence-corrected chi connectivity index (χ1v) is 9.40. The van der Waals surface area contributed by atoms with E-state index in [1.54, 1.807) is 0 Å². The molecule has 0 radical (unpaired) electrons. The van der Waals surface area contributed by atoms with Gasteiger partial charge < -0.3 is 5.32 Å². The van der Waals surface area contributed by atoms with Crippen LogP contribution in [0.1, 0.15) is 63.5 Å². The Morgan fingerprint density at radius 1 is 1.09 bits per heavy atom. The lowest BCUT2D eigenvalue weighted by molar-refractivity contribution is 0.238. The van der Waals surface area contributed by atoms with Crippen LogP contribution in [-0.2, 0) is 0 Å². The summed E-state index contributed by atoms with van der Waals surface area (Å²) in [5.74, 6) is 0. The van der Waals surface area contributed by atoms with Gasteiger partial charge in [0.2, 0.25) is 0 Å². The van der Waals surface area contributed by atoms with Gasteiger partial charge in [0.15, 0.2) is 0 Å². The summed E-state index contributed by atoms with van der Waals surface area (Å²) in [7, 11) is 0. The van der Waals surface area contributed by atoms with Crippen LogP contribution < -0.4 is 5.32 Å². The van der Waals surface area contributed by atoms with E-state index in [2.05, 4.69) is 29.3 Å². The molecule has 1 aliphatic heterocycles. The smallest absolute Gasteiger partial charge is 0.0487 e. The standard InChI is InChI=1S/C19H31ClN2/c1-2-3-4-5-8-13-21-16-19(22-14-9-10-15-22)17-11-6-7-12-18(17)20/h6-7,11-12,19,21H,2-5,8-10,13-16H2,1H3. The number of hydrogen-bond donors (Lipinski definition) is 1. The average Bonchev–Trinajstić information content (AvgIpc) is 3.05. The van der Waals surface area contributed by atoms with Crippen molar-refractivity contribution >= 4 is 11.6 Å². The summed E-state index contributed by atoms with van der Waals surface area (Å²) in [6.07, 6.45) is 9.33. The van der Waals surface area contributed by atoms with Crippen molar-refractivity contribution in [2.24, 2.45) is 0 Å². The summed E-state index contributed by atoms with van der Waals surface area (Å²) in [5, 5.41) is 4.57. The van der Waals surface area contributed by atoms with E-state index in [9.17, 15) is 0 Å². The molecule has 0 spiro atoms. The number of rotatable bonds is 10. The van der Waals surface area contributed by atoms with Gasteiger partial charge in [0.25, 0.3) is 0 Å². The van der Waals surface area contributed by atoms with Crippen molar-refractivity contribution in [3.8, 4) is 0 Å². The lowest BCUT2D eigenvalue weighted by Gasteiger charge is -2.29. The van der Waals surface area contributed by atoms with E-state index in [0.29, 0.717) is 6.04 Å². The average molecular weight is 323 g/mol. The molecule has 1 aliphatic rings. The van der Waals surface area contributed by atoms with E-state index >= 15 is 0 Å². The number of nitrogens with zero attached hydrogens (tertiary/aromatic N) is 1. The Balaban J connectivity index is 1.82. The SMILES string of the molecule is CCCCCCCNCC(c1ccccc1Cl)N1CCCC1. The summed E-state index contributed by atoms with van der Waals surface area (Å²) >= 11 is 6.44. The molecule has 0 amide bonds. The zero-order valence-corrected chi connectivity index (χ0v) is 14.7. The third-order valence-corrected chi connectivity index (χ3v) is 4.98. The summed E-state index contributed by atoms with van der Waals surface area (Å²) < 4.78 is 0. The van der Waals surface area contributed by atoms with E-state index in [0.717, 1.165) is 18.1 Å². The van der Waals surface area contributed by atoms with E-state index in [-0.39, 0.29) is 0 Å². The molecule has 1 unspecified atom stereocenters. The fourth-order valence-corrected chi connectivity index (χ4v) is 3.59. The highest BCUT2D eigenvalue weighted by molar-refractivity contribution is 6.31. The molecule has 2 nitrogen and oxygen atoms in total. The van der Waals surface area contributed by atoms with Gasteiger partial charge in [0.05, 0.1) is 0 Å². The van der Waals surface area contributed by atoms with Crippen LogP contribution in [0.4, 0.5) is 0 Å². The molecular formula is C19H31ClN2. The summed E-state index contributed by atoms with van der Waals surface area (Å²) in [6, 6.07) is 8.76. The first-order valence-electron chi connectivity index (χ1n) is 9.02. The molecule has 1 atom stereocenters. The molecule has 1 fully saturated rings. The van der Waals surface area contributed by atoms with E-state index < -0.39 is 0 Å². The predicted molar refractivity (Wildman–Crippen MR) is 96.6 cm³/mol. The van der Waals surface area contributed by atoms with Crippen LogP contribution in [0.2, 0.25) is 5.02 Å². The van der Waals surface area contributed by atoms with Gasteiger partial charge in [-0.2, -0.15) is 0 Å². The van der Waals surface area contributed by atoms with Crippen LogP contribution >= 0.6 is 11.6 Å². The molecule has 1 aromatic rings. The normalized spacial score (nSPS) is 17.0. The molecule has 1 saturated heterocycles. The number of halogens is 1. The summed E-state index contributed by atoms with van der Waals surface area (Å²) in [6.45, 7) is 6.81. The fourth-order valence-electron chi connectivity index (χ4n) is 3.33. The highest BCUT2D eigenvalue weighted by atomic mass is 35.5. The zero-order chi connectivity index (χ0) is 15.6. The number of nitrogens with one attached hydrogen (secondary N) is 1. The second-order valence-corrected chi connectivity index (χ2v) is 6.81. The molecule has 1 heterocycles. The highest BCUT2D eigenvalue weighted by Gasteiger charge is 2.24. The zero-order valence-electron chi connectivity index (χ0n) is 14.0. The molecule has 0 aromatic heterocycles. The van der Waals surface area contributed by atoms with Crippen LogP contribution in [0, 0.1) is 0 Å². The van der Waals surface area contributed by atoms with Crippen molar-refractivity contribution in [1.29, 1.82) is 0 Å². The van der Waals surface area contributed by atoms with Crippen molar-refractivity contribution < 1.29 is 0 Å².